The summed E-state index contributed by atoms with van der Waals surface area (Å²) in [5, 5.41) is 0. The van der Waals surface area contributed by atoms with Crippen LogP contribution in [0.2, 0.25) is 0 Å². The molecule has 208 valence electrons. The van der Waals surface area contributed by atoms with Gasteiger partial charge in [-0.25, -0.2) is 18.7 Å². The van der Waals surface area contributed by atoms with Crippen LogP contribution in [0.25, 0.3) is 6.08 Å². The quantitative estimate of drug-likeness (QED) is 0.348. The lowest BCUT2D eigenvalue weighted by Crippen LogP contribution is -2.52. The van der Waals surface area contributed by atoms with Crippen LogP contribution in [-0.2, 0) is 29.2 Å². The molecule has 0 bridgehead atoms. The van der Waals surface area contributed by atoms with E-state index < -0.39 is 40.0 Å². The van der Waals surface area contributed by atoms with E-state index in [0.717, 1.165) is 29.1 Å². The van der Waals surface area contributed by atoms with Crippen molar-refractivity contribution in [2.24, 2.45) is 23.7 Å². The third-order valence-corrected chi connectivity index (χ3v) is 7.02. The predicted octanol–water partition coefficient (Wildman–Crippen LogP) is 3.89. The van der Waals surface area contributed by atoms with Crippen LogP contribution < -0.4 is 10.9 Å². The number of benzene rings is 1. The minimum absolute atomic E-state index is 0.00429. The van der Waals surface area contributed by atoms with Gasteiger partial charge in [0.05, 0.1) is 18.1 Å². The van der Waals surface area contributed by atoms with Gasteiger partial charge in [0, 0.05) is 19.6 Å². The van der Waals surface area contributed by atoms with Crippen LogP contribution in [0.5, 0.6) is 0 Å². The van der Waals surface area contributed by atoms with Crippen LogP contribution in [0.4, 0.5) is 0 Å². The summed E-state index contributed by atoms with van der Waals surface area (Å²) in [6, 6.07) is 9.66. The van der Waals surface area contributed by atoms with Gasteiger partial charge >= 0.3 is 0 Å². The zero-order valence-electron chi connectivity index (χ0n) is 22.7. The molecule has 10 heteroatoms. The fourth-order valence-corrected chi connectivity index (χ4v) is 4.96. The Morgan fingerprint density at radius 1 is 1.08 bits per heavy atom. The van der Waals surface area contributed by atoms with Crippen LogP contribution in [0.15, 0.2) is 36.4 Å². The normalized spacial score (nSPS) is 18.3. The largest absolute Gasteiger partial charge is 0.350 e. The summed E-state index contributed by atoms with van der Waals surface area (Å²) in [5.74, 6) is -2.44. The Morgan fingerprint density at radius 3 is 2.35 bits per heavy atom. The molecule has 1 aromatic carbocycles. The fourth-order valence-electron chi connectivity index (χ4n) is 4.14. The standard InChI is InChI=1S/C27H43N3O6S/c1-20(2)18-24(26(31)28-30(19-21(3)4)37(5,33)34)23(15-11-14-22-12-7-6-8-13-22)27(32)29-36-25-16-9-10-17-35-25/h6-8,11-14,20-21,23-25H,9-10,15-19H2,1-5H3,(H,28,31)(H,29,32)/b14-11+/t23-,24+,25?/m0/s1. The number of rotatable bonds is 14. The molecule has 2 N–H and O–H groups in total. The van der Waals surface area contributed by atoms with E-state index in [1.807, 2.05) is 70.2 Å². The van der Waals surface area contributed by atoms with E-state index in [2.05, 4.69) is 10.9 Å². The van der Waals surface area contributed by atoms with Crippen LogP contribution in [0.1, 0.15) is 65.4 Å². The van der Waals surface area contributed by atoms with Gasteiger partial charge in [-0.1, -0.05) is 70.2 Å². The van der Waals surface area contributed by atoms with E-state index in [1.54, 1.807) is 0 Å². The molecule has 0 radical (unpaired) electrons. The van der Waals surface area contributed by atoms with Crippen LogP contribution in [-0.4, -0.2) is 50.3 Å². The number of sulfonamides is 1. The molecule has 1 saturated heterocycles. The van der Waals surface area contributed by atoms with Crippen molar-refractivity contribution >= 4 is 27.9 Å². The zero-order chi connectivity index (χ0) is 27.4. The number of carbonyl (C=O) groups excluding carboxylic acids is 2. The lowest BCUT2D eigenvalue weighted by Gasteiger charge is -2.30. The SMILES string of the molecule is CC(C)C[C@@H](C(=O)NN(CC(C)C)S(C)(=O)=O)[C@H](C/C=C/c1ccccc1)C(=O)NOC1CCCCO1. The smallest absolute Gasteiger partial charge is 0.247 e. The van der Waals surface area contributed by atoms with E-state index in [-0.39, 0.29) is 24.8 Å². The lowest BCUT2D eigenvalue weighted by atomic mass is 9.82. The third kappa shape index (κ3) is 11.3. The molecule has 1 aromatic rings. The topological polar surface area (TPSA) is 114 Å². The maximum atomic E-state index is 13.5. The molecule has 0 aliphatic carbocycles. The highest BCUT2D eigenvalue weighted by atomic mass is 32.2. The number of nitrogens with zero attached hydrogens (tertiary/aromatic N) is 1. The number of ether oxygens (including phenoxy) is 1. The van der Waals surface area contributed by atoms with E-state index in [9.17, 15) is 18.0 Å². The molecule has 1 aliphatic heterocycles. The maximum absolute atomic E-state index is 13.5. The highest BCUT2D eigenvalue weighted by Crippen LogP contribution is 2.26. The summed E-state index contributed by atoms with van der Waals surface area (Å²) in [4.78, 5) is 32.4. The second-order valence-electron chi connectivity index (χ2n) is 10.4. The molecule has 3 atom stereocenters. The monoisotopic (exact) mass is 537 g/mol. The molecule has 1 fully saturated rings. The van der Waals surface area contributed by atoms with Crippen LogP contribution in [0.3, 0.4) is 0 Å². The minimum Gasteiger partial charge on any atom is -0.350 e. The summed E-state index contributed by atoms with van der Waals surface area (Å²) in [6.45, 7) is 8.36. The number of nitrogens with one attached hydrogen (secondary N) is 2. The molecule has 0 spiro atoms. The maximum Gasteiger partial charge on any atom is 0.247 e. The first-order chi connectivity index (χ1) is 17.5. The first-order valence-electron chi connectivity index (χ1n) is 13.0. The van der Waals surface area contributed by atoms with Crippen molar-refractivity contribution in [3.05, 3.63) is 42.0 Å². The molecule has 1 heterocycles. The van der Waals surface area contributed by atoms with Crippen molar-refractivity contribution in [3.63, 3.8) is 0 Å². The van der Waals surface area contributed by atoms with Gasteiger partial charge in [0.1, 0.15) is 0 Å². The molecule has 2 rings (SSSR count). The predicted molar refractivity (Wildman–Crippen MR) is 144 cm³/mol. The Bertz CT molecular complexity index is 975. The number of amides is 2. The summed E-state index contributed by atoms with van der Waals surface area (Å²) < 4.78 is 31.2. The number of hydrazine groups is 1. The van der Waals surface area contributed by atoms with Gasteiger partial charge in [-0.3, -0.25) is 15.0 Å². The number of hydroxylamine groups is 1. The Hall–Kier alpha value is -2.27. The first-order valence-corrected chi connectivity index (χ1v) is 14.9. The molecule has 37 heavy (non-hydrogen) atoms. The fraction of sp³-hybridized carbons (Fsp3) is 0.630. The van der Waals surface area contributed by atoms with Crippen molar-refractivity contribution in [2.45, 2.75) is 66.1 Å². The lowest BCUT2D eigenvalue weighted by molar-refractivity contribution is -0.203. The molecule has 0 saturated carbocycles. The highest BCUT2D eigenvalue weighted by Gasteiger charge is 2.36. The molecule has 0 aromatic heterocycles. The molecule has 2 amide bonds. The Balaban J connectivity index is 2.28. The van der Waals surface area contributed by atoms with Crippen molar-refractivity contribution in [2.75, 3.05) is 19.4 Å². The van der Waals surface area contributed by atoms with Crippen molar-refractivity contribution < 1.29 is 27.6 Å². The zero-order valence-corrected chi connectivity index (χ0v) is 23.5. The van der Waals surface area contributed by atoms with E-state index >= 15 is 0 Å². The van der Waals surface area contributed by atoms with Gasteiger partial charge in [0.2, 0.25) is 21.8 Å². The van der Waals surface area contributed by atoms with Gasteiger partial charge < -0.3 is 4.74 Å². The third-order valence-electron chi connectivity index (χ3n) is 5.98. The van der Waals surface area contributed by atoms with Crippen LogP contribution >= 0.6 is 0 Å². The molecular weight excluding hydrogens is 494 g/mol. The van der Waals surface area contributed by atoms with Crippen molar-refractivity contribution in [1.29, 1.82) is 0 Å². The van der Waals surface area contributed by atoms with Crippen molar-refractivity contribution in [1.82, 2.24) is 15.3 Å². The number of carbonyl (C=O) groups is 2. The Kier molecular flexibility index (Phi) is 12.7. The van der Waals surface area contributed by atoms with Gasteiger partial charge in [-0.15, -0.1) is 4.41 Å². The average Bonchev–Trinajstić information content (AvgIpc) is 2.84. The van der Waals surface area contributed by atoms with Gasteiger partial charge in [0.15, 0.2) is 6.29 Å². The summed E-state index contributed by atoms with van der Waals surface area (Å²) in [5.41, 5.74) is 6.07. The van der Waals surface area contributed by atoms with E-state index in [0.29, 0.717) is 19.4 Å². The molecular formula is C27H43N3O6S. The number of hydrogen-bond donors (Lipinski definition) is 2. The van der Waals surface area contributed by atoms with Crippen molar-refractivity contribution in [3.8, 4) is 0 Å². The molecule has 9 nitrogen and oxygen atoms in total. The Morgan fingerprint density at radius 2 is 1.78 bits per heavy atom. The number of hydrogen-bond acceptors (Lipinski definition) is 6. The van der Waals surface area contributed by atoms with E-state index in [4.69, 9.17) is 9.57 Å². The molecule has 1 unspecified atom stereocenters. The highest BCUT2D eigenvalue weighted by molar-refractivity contribution is 7.88. The number of allylic oxidation sites excluding steroid dienone is 1. The Labute approximate surface area is 221 Å². The van der Waals surface area contributed by atoms with Gasteiger partial charge in [-0.2, -0.15) is 0 Å². The average molecular weight is 538 g/mol. The second kappa shape index (κ2) is 15.2. The summed E-state index contributed by atoms with van der Waals surface area (Å²) in [6.07, 6.45) is 7.51. The second-order valence-corrected chi connectivity index (χ2v) is 12.3. The van der Waals surface area contributed by atoms with Crippen LogP contribution in [0, 0.1) is 23.7 Å². The summed E-state index contributed by atoms with van der Waals surface area (Å²) >= 11 is 0. The first kappa shape index (κ1) is 31.0. The van der Waals surface area contributed by atoms with Gasteiger partial charge in [0.25, 0.3) is 0 Å². The van der Waals surface area contributed by atoms with Gasteiger partial charge in [-0.05, 0) is 43.1 Å². The molecule has 1 aliphatic rings. The van der Waals surface area contributed by atoms with E-state index in [1.165, 1.54) is 0 Å². The summed E-state index contributed by atoms with van der Waals surface area (Å²) in [7, 11) is -3.70. The minimum atomic E-state index is -3.70.